The minimum Gasteiger partial charge on any atom is -0.431 e. The summed E-state index contributed by atoms with van der Waals surface area (Å²) < 4.78 is 5.68. The number of carbonyl (C=O) groups excluding carboxylic acids is 1. The summed E-state index contributed by atoms with van der Waals surface area (Å²) in [5.74, 6) is 0.781. The summed E-state index contributed by atoms with van der Waals surface area (Å²) in [5.41, 5.74) is 3.92. The van der Waals surface area contributed by atoms with Gasteiger partial charge in [0.05, 0.1) is 11.9 Å². The van der Waals surface area contributed by atoms with E-state index in [2.05, 4.69) is 16.4 Å². The van der Waals surface area contributed by atoms with Gasteiger partial charge in [0.15, 0.2) is 5.76 Å². The Hall–Kier alpha value is -2.24. The molecule has 1 amide bonds. The third-order valence-electron chi connectivity index (χ3n) is 3.45. The predicted octanol–water partition coefficient (Wildman–Crippen LogP) is 5.34. The predicted molar refractivity (Wildman–Crippen MR) is 102 cm³/mol. The van der Waals surface area contributed by atoms with Crippen LogP contribution < -0.4 is 5.32 Å². The van der Waals surface area contributed by atoms with Crippen molar-refractivity contribution in [2.75, 3.05) is 11.1 Å². The van der Waals surface area contributed by atoms with Gasteiger partial charge in [0.1, 0.15) is 0 Å². The lowest BCUT2D eigenvalue weighted by molar-refractivity contribution is -0.113. The van der Waals surface area contributed by atoms with E-state index < -0.39 is 0 Å². The molecule has 1 N–H and O–H groups in total. The zero-order chi connectivity index (χ0) is 17.8. The fourth-order valence-corrected chi connectivity index (χ4v) is 3.17. The van der Waals surface area contributed by atoms with Crippen molar-refractivity contribution in [2.24, 2.45) is 0 Å². The fraction of sp³-hybridized carbons (Fsp3) is 0.158. The van der Waals surface area contributed by atoms with Crippen LogP contribution in [0.3, 0.4) is 0 Å². The second-order valence-corrected chi connectivity index (χ2v) is 7.07. The van der Waals surface area contributed by atoms with Gasteiger partial charge in [-0.25, -0.2) is 4.98 Å². The molecule has 0 fully saturated rings. The van der Waals surface area contributed by atoms with Crippen molar-refractivity contribution < 1.29 is 9.21 Å². The lowest BCUT2D eigenvalue weighted by Gasteiger charge is -2.06. The average molecular weight is 373 g/mol. The van der Waals surface area contributed by atoms with Crippen molar-refractivity contribution in [2.45, 2.75) is 19.1 Å². The van der Waals surface area contributed by atoms with Crippen LogP contribution >= 0.6 is 23.4 Å². The summed E-state index contributed by atoms with van der Waals surface area (Å²) in [7, 11) is 0. The zero-order valence-electron chi connectivity index (χ0n) is 13.9. The number of aryl methyl sites for hydroxylation is 2. The number of nitrogens with one attached hydrogen (secondary N) is 1. The van der Waals surface area contributed by atoms with E-state index in [0.29, 0.717) is 16.0 Å². The Morgan fingerprint density at radius 2 is 1.84 bits per heavy atom. The monoisotopic (exact) mass is 372 g/mol. The summed E-state index contributed by atoms with van der Waals surface area (Å²) >= 11 is 7.14. The number of nitrogens with zero attached hydrogens (tertiary/aromatic N) is 1. The van der Waals surface area contributed by atoms with E-state index in [0.717, 1.165) is 22.4 Å². The van der Waals surface area contributed by atoms with Crippen molar-refractivity contribution in [3.05, 3.63) is 64.8 Å². The van der Waals surface area contributed by atoms with Crippen molar-refractivity contribution in [3.8, 4) is 11.3 Å². The Morgan fingerprint density at radius 1 is 1.16 bits per heavy atom. The molecule has 6 heteroatoms. The van der Waals surface area contributed by atoms with Crippen molar-refractivity contribution >= 4 is 35.0 Å². The van der Waals surface area contributed by atoms with Crippen molar-refractivity contribution in [3.63, 3.8) is 0 Å². The highest BCUT2D eigenvalue weighted by atomic mass is 35.5. The third-order valence-corrected chi connectivity index (χ3v) is 4.54. The summed E-state index contributed by atoms with van der Waals surface area (Å²) in [6, 6.07) is 13.3. The molecule has 2 aromatic carbocycles. The van der Waals surface area contributed by atoms with Gasteiger partial charge in [0, 0.05) is 16.3 Å². The Bertz CT molecular complexity index is 870. The molecule has 0 saturated heterocycles. The summed E-state index contributed by atoms with van der Waals surface area (Å²) in [6.07, 6.45) is 1.65. The average Bonchev–Trinajstić information content (AvgIpc) is 3.01. The van der Waals surface area contributed by atoms with Crippen LogP contribution in [-0.2, 0) is 4.79 Å². The maximum atomic E-state index is 12.1. The number of rotatable bonds is 5. The molecular formula is C19H17ClN2O2S. The highest BCUT2D eigenvalue weighted by Crippen LogP contribution is 2.26. The number of carbonyl (C=O) groups is 1. The van der Waals surface area contributed by atoms with Gasteiger partial charge in [-0.05, 0) is 61.4 Å². The van der Waals surface area contributed by atoms with Gasteiger partial charge in [0.2, 0.25) is 5.91 Å². The number of anilines is 1. The van der Waals surface area contributed by atoms with Gasteiger partial charge in [-0.3, -0.25) is 4.79 Å². The Morgan fingerprint density at radius 3 is 2.52 bits per heavy atom. The van der Waals surface area contributed by atoms with E-state index in [-0.39, 0.29) is 11.7 Å². The first kappa shape index (κ1) is 17.6. The van der Waals surface area contributed by atoms with Crippen LogP contribution in [0.4, 0.5) is 5.69 Å². The number of halogens is 1. The highest BCUT2D eigenvalue weighted by Gasteiger charge is 2.10. The lowest BCUT2D eigenvalue weighted by Crippen LogP contribution is -2.14. The molecule has 1 heterocycles. The molecule has 0 atom stereocenters. The normalized spacial score (nSPS) is 10.7. The van der Waals surface area contributed by atoms with Crippen LogP contribution in [0.25, 0.3) is 11.3 Å². The van der Waals surface area contributed by atoms with Crippen LogP contribution in [0.15, 0.2) is 58.3 Å². The van der Waals surface area contributed by atoms with E-state index in [4.69, 9.17) is 16.0 Å². The molecule has 0 saturated carbocycles. The van der Waals surface area contributed by atoms with Gasteiger partial charge in [-0.1, -0.05) is 29.4 Å². The van der Waals surface area contributed by atoms with E-state index in [9.17, 15) is 4.79 Å². The molecule has 0 aliphatic rings. The number of aromatic nitrogens is 1. The van der Waals surface area contributed by atoms with E-state index in [1.165, 1.54) is 11.8 Å². The first-order valence-corrected chi connectivity index (χ1v) is 9.09. The van der Waals surface area contributed by atoms with Gasteiger partial charge >= 0.3 is 0 Å². The molecule has 0 aliphatic heterocycles. The van der Waals surface area contributed by atoms with Crippen LogP contribution in [-0.4, -0.2) is 16.6 Å². The van der Waals surface area contributed by atoms with Crippen molar-refractivity contribution in [1.29, 1.82) is 0 Å². The largest absolute Gasteiger partial charge is 0.431 e. The minimum absolute atomic E-state index is 0.0961. The lowest BCUT2D eigenvalue weighted by atomic mass is 10.1. The molecule has 128 valence electrons. The molecule has 1 aromatic heterocycles. The van der Waals surface area contributed by atoms with Crippen LogP contribution in [0, 0.1) is 13.8 Å². The number of thioether (sulfide) groups is 1. The fourth-order valence-electron chi connectivity index (χ4n) is 2.44. The molecule has 0 bridgehead atoms. The van der Waals surface area contributed by atoms with Gasteiger partial charge < -0.3 is 9.73 Å². The molecule has 4 nitrogen and oxygen atoms in total. The Labute approximate surface area is 155 Å². The van der Waals surface area contributed by atoms with Crippen LogP contribution in [0.5, 0.6) is 0 Å². The van der Waals surface area contributed by atoms with Gasteiger partial charge in [-0.2, -0.15) is 0 Å². The standard InChI is InChI=1S/C19H17ClN2O2S/c1-12-7-13(2)9-16(8-12)22-18(23)11-25-19-21-10-17(24-19)14-3-5-15(20)6-4-14/h3-10H,11H2,1-2H3,(H,22,23). The summed E-state index contributed by atoms with van der Waals surface area (Å²) in [6.45, 7) is 4.00. The maximum absolute atomic E-state index is 12.1. The number of oxazole rings is 1. The molecular weight excluding hydrogens is 356 g/mol. The van der Waals surface area contributed by atoms with E-state index in [1.807, 2.05) is 38.1 Å². The summed E-state index contributed by atoms with van der Waals surface area (Å²) in [5, 5.41) is 4.02. The first-order chi connectivity index (χ1) is 12.0. The molecule has 0 radical (unpaired) electrons. The van der Waals surface area contributed by atoms with Crippen molar-refractivity contribution in [1.82, 2.24) is 4.98 Å². The third kappa shape index (κ3) is 4.87. The minimum atomic E-state index is -0.0961. The quantitative estimate of drug-likeness (QED) is 0.614. The van der Waals surface area contributed by atoms with Crippen LogP contribution in [0.2, 0.25) is 5.02 Å². The smallest absolute Gasteiger partial charge is 0.256 e. The molecule has 3 aromatic rings. The summed E-state index contributed by atoms with van der Waals surface area (Å²) in [4.78, 5) is 16.3. The Kier molecular flexibility index (Phi) is 5.46. The molecule has 0 unspecified atom stereocenters. The Balaban J connectivity index is 1.58. The topological polar surface area (TPSA) is 55.1 Å². The number of hydrogen-bond acceptors (Lipinski definition) is 4. The highest BCUT2D eigenvalue weighted by molar-refractivity contribution is 7.99. The van der Waals surface area contributed by atoms with Gasteiger partial charge in [0.25, 0.3) is 5.22 Å². The van der Waals surface area contributed by atoms with E-state index in [1.54, 1.807) is 18.3 Å². The SMILES string of the molecule is Cc1cc(C)cc(NC(=O)CSc2ncc(-c3ccc(Cl)cc3)o2)c1. The molecule has 3 rings (SSSR count). The second-order valence-electron chi connectivity index (χ2n) is 5.71. The number of benzene rings is 2. The van der Waals surface area contributed by atoms with Crippen LogP contribution in [0.1, 0.15) is 11.1 Å². The van der Waals surface area contributed by atoms with Gasteiger partial charge in [-0.15, -0.1) is 0 Å². The molecule has 0 aliphatic carbocycles. The zero-order valence-corrected chi connectivity index (χ0v) is 15.4. The maximum Gasteiger partial charge on any atom is 0.256 e. The second kappa shape index (κ2) is 7.76. The van der Waals surface area contributed by atoms with E-state index >= 15 is 0 Å². The number of hydrogen-bond donors (Lipinski definition) is 1. The number of amides is 1. The molecule has 25 heavy (non-hydrogen) atoms. The molecule has 0 spiro atoms. The first-order valence-electron chi connectivity index (χ1n) is 7.72.